The molecule has 3 heterocycles. The van der Waals surface area contributed by atoms with Crippen LogP contribution in [0.2, 0.25) is 0 Å². The molecule has 2 unspecified atom stereocenters. The summed E-state index contributed by atoms with van der Waals surface area (Å²) in [5.74, 6) is -0.289. The van der Waals surface area contributed by atoms with Crippen molar-refractivity contribution < 1.29 is 18.3 Å². The Morgan fingerprint density at radius 2 is 2.00 bits per heavy atom. The summed E-state index contributed by atoms with van der Waals surface area (Å²) in [5.41, 5.74) is 2.33. The quantitative estimate of drug-likeness (QED) is 0.348. The fourth-order valence-electron chi connectivity index (χ4n) is 4.05. The molecule has 0 radical (unpaired) electrons. The zero-order chi connectivity index (χ0) is 19.6. The first-order valence-corrected chi connectivity index (χ1v) is 9.87. The number of nitrogens with zero attached hydrogens (tertiary/aromatic N) is 1. The maximum absolute atomic E-state index is 13.9. The van der Waals surface area contributed by atoms with E-state index in [1.54, 1.807) is 12.1 Å². The fourth-order valence-corrected chi connectivity index (χ4v) is 5.34. The number of anilines is 1. The third-order valence-corrected chi connectivity index (χ3v) is 6.59. The van der Waals surface area contributed by atoms with E-state index in [0.29, 0.717) is 17.9 Å². The number of aryl methyl sites for hydroxylation is 1. The van der Waals surface area contributed by atoms with Gasteiger partial charge >= 0.3 is 11.6 Å². The molecule has 0 saturated heterocycles. The largest absolute Gasteiger partial charge is 0.425 e. The van der Waals surface area contributed by atoms with Crippen molar-refractivity contribution in [2.24, 2.45) is 0 Å². The highest BCUT2D eigenvalue weighted by Gasteiger charge is 2.45. The fraction of sp³-hybridized carbons (Fsp3) is 0.238. The molecule has 0 fully saturated rings. The summed E-state index contributed by atoms with van der Waals surface area (Å²) in [6.07, 6.45) is 0. The molecule has 2 aromatic carbocycles. The number of esters is 1. The van der Waals surface area contributed by atoms with Crippen LogP contribution in [0.25, 0.3) is 11.0 Å². The van der Waals surface area contributed by atoms with Crippen molar-refractivity contribution in [3.05, 3.63) is 63.8 Å². The molecule has 28 heavy (non-hydrogen) atoms. The van der Waals surface area contributed by atoms with Crippen molar-refractivity contribution in [1.29, 1.82) is 0 Å². The van der Waals surface area contributed by atoms with E-state index < -0.39 is 10.9 Å². The molecule has 7 heteroatoms. The van der Waals surface area contributed by atoms with Crippen LogP contribution < -0.4 is 15.3 Å². The van der Waals surface area contributed by atoms with E-state index in [-0.39, 0.29) is 17.8 Å². The van der Waals surface area contributed by atoms with E-state index in [1.807, 2.05) is 24.8 Å². The van der Waals surface area contributed by atoms with Gasteiger partial charge in [0.25, 0.3) is 0 Å². The van der Waals surface area contributed by atoms with Crippen molar-refractivity contribution in [3.63, 3.8) is 0 Å². The molecule has 0 aliphatic carbocycles. The van der Waals surface area contributed by atoms with Gasteiger partial charge in [-0.05, 0) is 43.7 Å². The molecule has 1 aromatic heterocycles. The van der Waals surface area contributed by atoms with Crippen molar-refractivity contribution in [3.8, 4) is 5.75 Å². The molecule has 0 amide bonds. The zero-order valence-electron chi connectivity index (χ0n) is 15.2. The summed E-state index contributed by atoms with van der Waals surface area (Å²) >= 11 is 1.40. The Balaban J connectivity index is 1.76. The third-order valence-electron chi connectivity index (χ3n) is 5.29. The molecule has 5 nitrogen and oxygen atoms in total. The van der Waals surface area contributed by atoms with E-state index in [0.717, 1.165) is 27.1 Å². The smallest absolute Gasteiger partial charge is 0.336 e. The van der Waals surface area contributed by atoms with Gasteiger partial charge in [-0.2, -0.15) is 0 Å². The van der Waals surface area contributed by atoms with E-state index in [1.165, 1.54) is 30.0 Å². The lowest BCUT2D eigenvalue weighted by atomic mass is 9.94. The van der Waals surface area contributed by atoms with Crippen LogP contribution in [0.5, 0.6) is 5.75 Å². The standard InChI is InChI=1S/C21H16FNO4S/c1-3-23-14-7-11(22)4-5-17(14)28-20-19(23)13-8-12-10(2)6-18(24)26-15(12)9-16(13)27-21(20)25/h4-9,19-20H,3H2,1-2H3. The summed E-state index contributed by atoms with van der Waals surface area (Å²) in [7, 11) is 0. The molecule has 2 aliphatic heterocycles. The normalized spacial score (nSPS) is 20.4. The first-order valence-electron chi connectivity index (χ1n) is 8.99. The molecule has 0 N–H and O–H groups in total. The van der Waals surface area contributed by atoms with Crippen LogP contribution in [-0.2, 0) is 4.79 Å². The molecule has 0 spiro atoms. The first kappa shape index (κ1) is 17.3. The lowest BCUT2D eigenvalue weighted by Crippen LogP contribution is -2.46. The summed E-state index contributed by atoms with van der Waals surface area (Å²) < 4.78 is 24.8. The molecular formula is C21H16FNO4S. The summed E-state index contributed by atoms with van der Waals surface area (Å²) in [6.45, 7) is 4.42. The first-order chi connectivity index (χ1) is 13.5. The molecule has 0 bridgehead atoms. The van der Waals surface area contributed by atoms with Crippen LogP contribution in [0.1, 0.15) is 24.1 Å². The van der Waals surface area contributed by atoms with Crippen LogP contribution in [0.3, 0.4) is 0 Å². The van der Waals surface area contributed by atoms with Gasteiger partial charge < -0.3 is 14.1 Å². The number of carbonyl (C=O) groups excluding carboxylic acids is 1. The maximum atomic E-state index is 13.9. The molecule has 2 aliphatic rings. The van der Waals surface area contributed by atoms with Crippen LogP contribution in [0, 0.1) is 12.7 Å². The number of hydrogen-bond donors (Lipinski definition) is 0. The number of ether oxygens (including phenoxy) is 1. The predicted molar refractivity (Wildman–Crippen MR) is 105 cm³/mol. The Kier molecular flexibility index (Phi) is 3.77. The van der Waals surface area contributed by atoms with Crippen LogP contribution in [0.15, 0.2) is 50.5 Å². The highest BCUT2D eigenvalue weighted by molar-refractivity contribution is 8.00. The van der Waals surface area contributed by atoms with Crippen LogP contribution in [0.4, 0.5) is 10.1 Å². The van der Waals surface area contributed by atoms with Gasteiger partial charge in [-0.25, -0.2) is 9.18 Å². The van der Waals surface area contributed by atoms with Crippen LogP contribution >= 0.6 is 11.8 Å². The minimum absolute atomic E-state index is 0.295. The van der Waals surface area contributed by atoms with Crippen molar-refractivity contribution >= 4 is 34.4 Å². The lowest BCUT2D eigenvalue weighted by Gasteiger charge is -2.44. The highest BCUT2D eigenvalue weighted by Crippen LogP contribution is 2.52. The molecular weight excluding hydrogens is 381 g/mol. The van der Waals surface area contributed by atoms with Gasteiger partial charge in [-0.15, -0.1) is 11.8 Å². The molecule has 5 rings (SSSR count). The second kappa shape index (κ2) is 6.10. The minimum atomic E-state index is -0.459. The predicted octanol–water partition coefficient (Wildman–Crippen LogP) is 4.20. The average molecular weight is 397 g/mol. The van der Waals surface area contributed by atoms with Crippen molar-refractivity contribution in [2.45, 2.75) is 30.0 Å². The van der Waals surface area contributed by atoms with Crippen molar-refractivity contribution in [2.75, 3.05) is 11.4 Å². The number of hydrogen-bond acceptors (Lipinski definition) is 6. The van der Waals surface area contributed by atoms with Gasteiger partial charge in [0.1, 0.15) is 22.4 Å². The number of thioether (sulfide) groups is 1. The van der Waals surface area contributed by atoms with Gasteiger partial charge in [0.2, 0.25) is 0 Å². The highest BCUT2D eigenvalue weighted by atomic mass is 32.2. The summed E-state index contributed by atoms with van der Waals surface area (Å²) in [5, 5.41) is 0.333. The topological polar surface area (TPSA) is 59.8 Å². The molecule has 2 atom stereocenters. The Morgan fingerprint density at radius 3 is 2.79 bits per heavy atom. The Bertz CT molecular complexity index is 1200. The second-order valence-corrected chi connectivity index (χ2v) is 8.12. The zero-order valence-corrected chi connectivity index (χ0v) is 16.0. The van der Waals surface area contributed by atoms with E-state index in [2.05, 4.69) is 0 Å². The maximum Gasteiger partial charge on any atom is 0.336 e. The van der Waals surface area contributed by atoms with E-state index in [4.69, 9.17) is 9.15 Å². The Hall–Kier alpha value is -2.80. The monoisotopic (exact) mass is 397 g/mol. The van der Waals surface area contributed by atoms with E-state index in [9.17, 15) is 14.0 Å². The summed E-state index contributed by atoms with van der Waals surface area (Å²) in [6, 6.07) is 9.28. The SMILES string of the molecule is CCN1c2cc(F)ccc2SC2C(=O)Oc3cc4oc(=O)cc(C)c4cc3C21. The van der Waals surface area contributed by atoms with Crippen LogP contribution in [-0.4, -0.2) is 17.8 Å². The second-order valence-electron chi connectivity index (χ2n) is 6.94. The van der Waals surface area contributed by atoms with Gasteiger partial charge in [0, 0.05) is 34.5 Å². The molecule has 3 aromatic rings. The lowest BCUT2D eigenvalue weighted by molar-refractivity contribution is -0.135. The van der Waals surface area contributed by atoms with Gasteiger partial charge in [-0.1, -0.05) is 0 Å². The average Bonchev–Trinajstić information content (AvgIpc) is 2.65. The third kappa shape index (κ3) is 2.46. The minimum Gasteiger partial charge on any atom is -0.425 e. The number of benzene rings is 2. The number of fused-ring (bicyclic) bond motifs is 5. The summed E-state index contributed by atoms with van der Waals surface area (Å²) in [4.78, 5) is 27.4. The number of halogens is 1. The van der Waals surface area contributed by atoms with Gasteiger partial charge in [0.15, 0.2) is 0 Å². The van der Waals surface area contributed by atoms with Gasteiger partial charge in [0.05, 0.1) is 11.7 Å². The van der Waals surface area contributed by atoms with Crippen molar-refractivity contribution in [1.82, 2.24) is 0 Å². The molecule has 142 valence electrons. The van der Waals surface area contributed by atoms with E-state index >= 15 is 0 Å². The Labute approximate surface area is 164 Å². The van der Waals surface area contributed by atoms with Gasteiger partial charge in [-0.3, -0.25) is 4.79 Å². The number of carbonyl (C=O) groups is 1. The Morgan fingerprint density at radius 1 is 1.18 bits per heavy atom. The number of rotatable bonds is 1. The molecule has 0 saturated carbocycles.